The van der Waals surface area contributed by atoms with Gasteiger partial charge >= 0.3 is 17.9 Å². The molecule has 0 aromatic rings. The zero-order valence-corrected chi connectivity index (χ0v) is 50.0. The van der Waals surface area contributed by atoms with Crippen molar-refractivity contribution < 1.29 is 28.6 Å². The molecular formula is C70H120O6. The van der Waals surface area contributed by atoms with E-state index >= 15 is 0 Å². The van der Waals surface area contributed by atoms with Crippen molar-refractivity contribution in [2.45, 2.75) is 316 Å². The molecule has 0 saturated heterocycles. The molecule has 0 amide bonds. The molecule has 0 saturated carbocycles. The number of rotatable bonds is 58. The lowest BCUT2D eigenvalue weighted by atomic mass is 10.0. The highest BCUT2D eigenvalue weighted by atomic mass is 16.6. The summed E-state index contributed by atoms with van der Waals surface area (Å²) in [5, 5.41) is 0. The lowest BCUT2D eigenvalue weighted by Gasteiger charge is -2.18. The number of carbonyl (C=O) groups is 3. The molecule has 0 spiro atoms. The average molecular weight is 1060 g/mol. The summed E-state index contributed by atoms with van der Waals surface area (Å²) in [5.41, 5.74) is 0. The largest absolute Gasteiger partial charge is 0.462 e. The molecule has 0 heterocycles. The van der Waals surface area contributed by atoms with Crippen molar-refractivity contribution in [3.8, 4) is 0 Å². The van der Waals surface area contributed by atoms with Gasteiger partial charge in [0.2, 0.25) is 0 Å². The molecule has 0 aromatic heterocycles. The normalized spacial score (nSPS) is 12.7. The molecule has 76 heavy (non-hydrogen) atoms. The van der Waals surface area contributed by atoms with E-state index in [0.717, 1.165) is 122 Å². The first-order valence-corrected chi connectivity index (χ1v) is 32.2. The van der Waals surface area contributed by atoms with Crippen LogP contribution >= 0.6 is 0 Å². The van der Waals surface area contributed by atoms with Gasteiger partial charge in [-0.25, -0.2) is 0 Å². The van der Waals surface area contributed by atoms with Gasteiger partial charge < -0.3 is 14.2 Å². The Balaban J connectivity index is 4.22. The van der Waals surface area contributed by atoms with Crippen LogP contribution in [-0.4, -0.2) is 37.2 Å². The highest BCUT2D eigenvalue weighted by Gasteiger charge is 2.19. The molecule has 0 aliphatic carbocycles. The second-order valence-electron chi connectivity index (χ2n) is 21.3. The summed E-state index contributed by atoms with van der Waals surface area (Å²) in [5.74, 6) is -0.929. The third kappa shape index (κ3) is 61.2. The Labute approximate surface area is 470 Å². The van der Waals surface area contributed by atoms with Gasteiger partial charge in [0.1, 0.15) is 13.2 Å². The molecule has 436 valence electrons. The maximum absolute atomic E-state index is 12.9. The fraction of sp³-hybridized carbons (Fsp3) is 0.729. The van der Waals surface area contributed by atoms with Gasteiger partial charge in [0.15, 0.2) is 6.10 Å². The van der Waals surface area contributed by atoms with E-state index in [1.165, 1.54) is 148 Å². The zero-order valence-electron chi connectivity index (χ0n) is 50.0. The third-order valence-electron chi connectivity index (χ3n) is 13.8. The second kappa shape index (κ2) is 63.9. The van der Waals surface area contributed by atoms with E-state index in [1.807, 2.05) is 0 Å². The molecule has 0 N–H and O–H groups in total. The van der Waals surface area contributed by atoms with Crippen molar-refractivity contribution in [3.63, 3.8) is 0 Å². The van der Waals surface area contributed by atoms with Gasteiger partial charge in [-0.2, -0.15) is 0 Å². The second-order valence-corrected chi connectivity index (χ2v) is 21.3. The van der Waals surface area contributed by atoms with Gasteiger partial charge in [-0.05, 0) is 116 Å². The monoisotopic (exact) mass is 1060 g/mol. The Hall–Kier alpha value is -3.67. The highest BCUT2D eigenvalue weighted by molar-refractivity contribution is 5.71. The van der Waals surface area contributed by atoms with Gasteiger partial charge in [0.25, 0.3) is 0 Å². The van der Waals surface area contributed by atoms with Crippen LogP contribution in [0.15, 0.2) is 97.2 Å². The number of esters is 3. The van der Waals surface area contributed by atoms with Crippen LogP contribution in [0.1, 0.15) is 310 Å². The number of carbonyl (C=O) groups excluding carboxylic acids is 3. The predicted octanol–water partition coefficient (Wildman–Crippen LogP) is 22.0. The molecule has 6 nitrogen and oxygen atoms in total. The van der Waals surface area contributed by atoms with Crippen LogP contribution in [0.3, 0.4) is 0 Å². The van der Waals surface area contributed by atoms with E-state index in [1.54, 1.807) is 0 Å². The molecule has 6 heteroatoms. The minimum Gasteiger partial charge on any atom is -0.462 e. The van der Waals surface area contributed by atoms with Gasteiger partial charge in [-0.1, -0.05) is 272 Å². The summed E-state index contributed by atoms with van der Waals surface area (Å²) in [6.07, 6.45) is 85.8. The molecule has 0 aliphatic heterocycles. The van der Waals surface area contributed by atoms with Crippen LogP contribution in [0.2, 0.25) is 0 Å². The first kappa shape index (κ1) is 72.3. The number of allylic oxidation sites excluding steroid dienone is 16. The van der Waals surface area contributed by atoms with Gasteiger partial charge in [0, 0.05) is 19.3 Å². The molecule has 1 atom stereocenters. The van der Waals surface area contributed by atoms with Crippen molar-refractivity contribution >= 4 is 17.9 Å². The number of hydrogen-bond donors (Lipinski definition) is 0. The minimum atomic E-state index is -0.798. The summed E-state index contributed by atoms with van der Waals surface area (Å²) in [7, 11) is 0. The summed E-state index contributed by atoms with van der Waals surface area (Å²) < 4.78 is 16.9. The smallest absolute Gasteiger partial charge is 0.306 e. The third-order valence-corrected chi connectivity index (χ3v) is 13.8. The van der Waals surface area contributed by atoms with Crippen molar-refractivity contribution in [1.29, 1.82) is 0 Å². The number of unbranched alkanes of at least 4 members (excludes halogenated alkanes) is 31. The van der Waals surface area contributed by atoms with Crippen molar-refractivity contribution in [2.24, 2.45) is 0 Å². The van der Waals surface area contributed by atoms with E-state index in [2.05, 4.69) is 118 Å². The van der Waals surface area contributed by atoms with Crippen LogP contribution in [0, 0.1) is 0 Å². The Kier molecular flexibility index (Phi) is 60.8. The van der Waals surface area contributed by atoms with Gasteiger partial charge in [-0.3, -0.25) is 14.4 Å². The lowest BCUT2D eigenvalue weighted by Crippen LogP contribution is -2.30. The van der Waals surface area contributed by atoms with E-state index in [9.17, 15) is 14.4 Å². The van der Waals surface area contributed by atoms with Gasteiger partial charge in [-0.15, -0.1) is 0 Å². The van der Waals surface area contributed by atoms with E-state index in [-0.39, 0.29) is 37.5 Å². The molecule has 0 rings (SSSR count). The Morgan fingerprint density at radius 1 is 0.276 bits per heavy atom. The Morgan fingerprint density at radius 2 is 0.539 bits per heavy atom. The van der Waals surface area contributed by atoms with Crippen LogP contribution in [-0.2, 0) is 28.6 Å². The Morgan fingerprint density at radius 3 is 0.882 bits per heavy atom. The summed E-state index contributed by atoms with van der Waals surface area (Å²) in [6.45, 7) is 6.44. The highest BCUT2D eigenvalue weighted by Crippen LogP contribution is 2.16. The zero-order chi connectivity index (χ0) is 55.0. The Bertz CT molecular complexity index is 1490. The van der Waals surface area contributed by atoms with Crippen LogP contribution in [0.5, 0.6) is 0 Å². The fourth-order valence-corrected chi connectivity index (χ4v) is 8.97. The topological polar surface area (TPSA) is 78.9 Å². The molecule has 0 bridgehead atoms. The average Bonchev–Trinajstić information content (AvgIpc) is 3.42. The van der Waals surface area contributed by atoms with Crippen LogP contribution < -0.4 is 0 Å². The van der Waals surface area contributed by atoms with Crippen molar-refractivity contribution in [3.05, 3.63) is 97.2 Å². The maximum atomic E-state index is 12.9. The standard InChI is InChI=1S/C70H120O6/c1-4-7-10-13-16-19-22-24-26-28-30-31-32-33-34-35-36-37-38-39-41-42-44-46-48-51-54-57-60-63-69(72)75-66-67(65-74-68(71)62-59-56-53-50-21-18-15-12-9-6-3)76-70(73)64-61-58-55-52-49-47-45-43-40-29-27-25-23-20-17-14-11-8-5-2/h8,11-12,15,17,20,22,24-25,27-28,30,40,43,47,49,67H,4-7,9-10,13-14,16,18-19,21,23,26,29,31-39,41-42,44-46,48,50-66H2,1-3H3/b11-8-,15-12-,20-17-,24-22-,27-25-,30-28-,43-40-,49-47-. The summed E-state index contributed by atoms with van der Waals surface area (Å²) in [6, 6.07) is 0. The summed E-state index contributed by atoms with van der Waals surface area (Å²) in [4.78, 5) is 38.2. The maximum Gasteiger partial charge on any atom is 0.306 e. The molecule has 0 fully saturated rings. The summed E-state index contributed by atoms with van der Waals surface area (Å²) >= 11 is 0. The first-order chi connectivity index (χ1) is 37.5. The van der Waals surface area contributed by atoms with Crippen LogP contribution in [0.4, 0.5) is 0 Å². The fourth-order valence-electron chi connectivity index (χ4n) is 8.97. The van der Waals surface area contributed by atoms with E-state index < -0.39 is 6.10 Å². The van der Waals surface area contributed by atoms with Gasteiger partial charge in [0.05, 0.1) is 0 Å². The molecule has 0 radical (unpaired) electrons. The SMILES string of the molecule is CC/C=C\C/C=C\C/C=C\C/C=C\C/C=C\CCCCCC(=O)OC(COC(=O)CCCCCCC/C=C\CCC)COC(=O)CCCCCCCCCCCCCCCCCCC/C=C\C/C=C\CCCCCCC. The van der Waals surface area contributed by atoms with E-state index in [4.69, 9.17) is 14.2 Å². The quantitative estimate of drug-likeness (QED) is 0.0261. The minimum absolute atomic E-state index is 0.0923. The van der Waals surface area contributed by atoms with E-state index in [0.29, 0.717) is 12.8 Å². The molecular weight excluding hydrogens is 937 g/mol. The number of ether oxygens (including phenoxy) is 3. The van der Waals surface area contributed by atoms with Crippen molar-refractivity contribution in [2.75, 3.05) is 13.2 Å². The lowest BCUT2D eigenvalue weighted by molar-refractivity contribution is -0.167. The predicted molar refractivity (Wildman–Crippen MR) is 330 cm³/mol. The van der Waals surface area contributed by atoms with Crippen molar-refractivity contribution in [1.82, 2.24) is 0 Å². The van der Waals surface area contributed by atoms with Crippen LogP contribution in [0.25, 0.3) is 0 Å². The number of hydrogen-bond acceptors (Lipinski definition) is 6. The molecule has 0 aromatic carbocycles. The first-order valence-electron chi connectivity index (χ1n) is 32.2. The molecule has 0 aliphatic rings. The molecule has 1 unspecified atom stereocenters.